The van der Waals surface area contributed by atoms with Crippen LogP contribution in [0.3, 0.4) is 0 Å². The predicted molar refractivity (Wildman–Crippen MR) is 80.9 cm³/mol. The summed E-state index contributed by atoms with van der Waals surface area (Å²) in [6, 6.07) is 2.21. The third-order valence-corrected chi connectivity index (χ3v) is 4.93. The van der Waals surface area contributed by atoms with Crippen LogP contribution in [0.2, 0.25) is 0 Å². The molecular weight excluding hydrogens is 284 g/mol. The van der Waals surface area contributed by atoms with Crippen LogP contribution in [0.1, 0.15) is 35.8 Å². The minimum absolute atomic E-state index is 0.164. The number of thiophene rings is 1. The Kier molecular flexibility index (Phi) is 3.27. The van der Waals surface area contributed by atoms with Gasteiger partial charge in [-0.1, -0.05) is 0 Å². The van der Waals surface area contributed by atoms with Gasteiger partial charge in [0.2, 0.25) is 5.91 Å². The highest BCUT2D eigenvalue weighted by atomic mass is 32.1. The number of imidazole rings is 1. The lowest BCUT2D eigenvalue weighted by Gasteiger charge is -2.29. The van der Waals surface area contributed by atoms with Gasteiger partial charge < -0.3 is 15.2 Å². The molecule has 0 unspecified atom stereocenters. The molecule has 5 nitrogen and oxygen atoms in total. The molecule has 0 saturated heterocycles. The van der Waals surface area contributed by atoms with E-state index in [4.69, 9.17) is 0 Å². The molecule has 3 heterocycles. The predicted octanol–water partition coefficient (Wildman–Crippen LogP) is 1.85. The van der Waals surface area contributed by atoms with E-state index in [1.165, 1.54) is 5.56 Å². The largest absolute Gasteiger partial charge is 0.348 e. The molecule has 2 aromatic heterocycles. The Morgan fingerprint density at radius 3 is 3.14 bits per heavy atom. The summed E-state index contributed by atoms with van der Waals surface area (Å²) >= 11 is 1.68. The zero-order valence-corrected chi connectivity index (χ0v) is 12.5. The zero-order valence-electron chi connectivity index (χ0n) is 11.7. The number of nitrogens with one attached hydrogen (secondary N) is 2. The summed E-state index contributed by atoms with van der Waals surface area (Å²) in [6.45, 7) is 1.54. The molecule has 1 amide bonds. The minimum Gasteiger partial charge on any atom is -0.348 e. The first-order valence-electron chi connectivity index (χ1n) is 7.40. The lowest BCUT2D eigenvalue weighted by Crippen LogP contribution is -2.44. The van der Waals surface area contributed by atoms with E-state index in [-0.39, 0.29) is 11.9 Å². The average Bonchev–Trinajstić information content (AvgIpc) is 3.02. The third kappa shape index (κ3) is 2.49. The lowest BCUT2D eigenvalue weighted by molar-refractivity contribution is -0.135. The molecule has 1 saturated carbocycles. The Hall–Kier alpha value is -1.66. The van der Waals surface area contributed by atoms with Gasteiger partial charge in [0.05, 0.1) is 12.0 Å². The van der Waals surface area contributed by atoms with Crippen molar-refractivity contribution in [2.45, 2.75) is 37.9 Å². The van der Waals surface area contributed by atoms with Crippen molar-refractivity contribution in [3.63, 3.8) is 0 Å². The average molecular weight is 302 g/mol. The molecule has 2 N–H and O–H groups in total. The standard InChI is InChI=1S/C15H18N4OS/c20-15(14-13-12(3-5-16-14)17-9-18-13)19(11-1-2-11)7-10-4-6-21-8-10/h4,6,8-9,11,14,16H,1-3,5,7H2,(H,17,18)/t14-/m1/s1. The summed E-state index contributed by atoms with van der Waals surface area (Å²) in [7, 11) is 0. The second kappa shape index (κ2) is 5.27. The smallest absolute Gasteiger partial charge is 0.246 e. The molecule has 4 rings (SSSR count). The summed E-state index contributed by atoms with van der Waals surface area (Å²) in [5.74, 6) is 0.164. The van der Waals surface area contributed by atoms with Crippen LogP contribution >= 0.6 is 11.3 Å². The number of H-pyrrole nitrogens is 1. The van der Waals surface area contributed by atoms with Crippen molar-refractivity contribution < 1.29 is 4.79 Å². The summed E-state index contributed by atoms with van der Waals surface area (Å²) in [6.07, 6.45) is 4.84. The van der Waals surface area contributed by atoms with Gasteiger partial charge in [-0.25, -0.2) is 4.98 Å². The van der Waals surface area contributed by atoms with Crippen molar-refractivity contribution in [2.24, 2.45) is 0 Å². The molecule has 21 heavy (non-hydrogen) atoms. The number of aromatic amines is 1. The number of amides is 1. The highest BCUT2D eigenvalue weighted by Crippen LogP contribution is 2.32. The lowest BCUT2D eigenvalue weighted by atomic mass is 10.0. The Balaban J connectivity index is 1.58. The highest BCUT2D eigenvalue weighted by Gasteiger charge is 2.38. The molecular formula is C15H18N4OS. The van der Waals surface area contributed by atoms with Gasteiger partial charge in [-0.2, -0.15) is 11.3 Å². The maximum Gasteiger partial charge on any atom is 0.246 e. The number of hydrogen-bond acceptors (Lipinski definition) is 4. The summed E-state index contributed by atoms with van der Waals surface area (Å²) < 4.78 is 0. The Bertz CT molecular complexity index is 632. The molecule has 0 radical (unpaired) electrons. The van der Waals surface area contributed by atoms with Gasteiger partial charge in [0.25, 0.3) is 0 Å². The third-order valence-electron chi connectivity index (χ3n) is 4.20. The second-order valence-corrected chi connectivity index (χ2v) is 6.51. The Morgan fingerprint density at radius 1 is 1.48 bits per heavy atom. The summed E-state index contributed by atoms with van der Waals surface area (Å²) in [5.41, 5.74) is 3.19. The van der Waals surface area contributed by atoms with Gasteiger partial charge in [0, 0.05) is 31.2 Å². The van der Waals surface area contributed by atoms with E-state index in [1.54, 1.807) is 17.7 Å². The summed E-state index contributed by atoms with van der Waals surface area (Å²) in [4.78, 5) is 22.5. The molecule has 1 aliphatic carbocycles. The van der Waals surface area contributed by atoms with Crippen LogP contribution in [0.25, 0.3) is 0 Å². The van der Waals surface area contributed by atoms with Crippen LogP contribution in [0.15, 0.2) is 23.2 Å². The molecule has 110 valence electrons. The van der Waals surface area contributed by atoms with Gasteiger partial charge in [-0.3, -0.25) is 4.79 Å². The fourth-order valence-electron chi connectivity index (χ4n) is 2.94. The van der Waals surface area contributed by atoms with Gasteiger partial charge in [-0.15, -0.1) is 0 Å². The molecule has 6 heteroatoms. The zero-order chi connectivity index (χ0) is 14.2. The van der Waals surface area contributed by atoms with Gasteiger partial charge >= 0.3 is 0 Å². The van der Waals surface area contributed by atoms with E-state index in [2.05, 4.69) is 32.1 Å². The first kappa shape index (κ1) is 13.0. The van der Waals surface area contributed by atoms with E-state index in [0.717, 1.165) is 37.2 Å². The molecule has 2 aromatic rings. The van der Waals surface area contributed by atoms with Crippen LogP contribution < -0.4 is 5.32 Å². The molecule has 0 aromatic carbocycles. The van der Waals surface area contributed by atoms with Crippen LogP contribution in [0.5, 0.6) is 0 Å². The Labute approximate surface area is 127 Å². The van der Waals surface area contributed by atoms with Gasteiger partial charge in [-0.05, 0) is 35.2 Å². The normalized spacial score (nSPS) is 21.0. The number of carbonyl (C=O) groups excluding carboxylic acids is 1. The molecule has 1 aliphatic heterocycles. The number of fused-ring (bicyclic) bond motifs is 1. The first-order valence-corrected chi connectivity index (χ1v) is 8.34. The summed E-state index contributed by atoms with van der Waals surface area (Å²) in [5, 5.41) is 7.52. The van der Waals surface area contributed by atoms with Crippen LogP contribution in [-0.4, -0.2) is 33.4 Å². The molecule has 1 fully saturated rings. The van der Waals surface area contributed by atoms with Crippen LogP contribution in [0, 0.1) is 0 Å². The van der Waals surface area contributed by atoms with Crippen molar-refractivity contribution in [1.29, 1.82) is 0 Å². The minimum atomic E-state index is -0.292. The fraction of sp³-hybridized carbons (Fsp3) is 0.467. The number of aromatic nitrogens is 2. The van der Waals surface area contributed by atoms with E-state index in [9.17, 15) is 4.79 Å². The van der Waals surface area contributed by atoms with Crippen molar-refractivity contribution in [1.82, 2.24) is 20.2 Å². The quantitative estimate of drug-likeness (QED) is 0.906. The van der Waals surface area contributed by atoms with Crippen LogP contribution in [-0.2, 0) is 17.8 Å². The van der Waals surface area contributed by atoms with Gasteiger partial charge in [0.1, 0.15) is 6.04 Å². The number of rotatable bonds is 4. The van der Waals surface area contributed by atoms with Crippen molar-refractivity contribution in [2.75, 3.05) is 6.54 Å². The van der Waals surface area contributed by atoms with Crippen LogP contribution in [0.4, 0.5) is 0 Å². The molecule has 2 aliphatic rings. The van der Waals surface area contributed by atoms with Gasteiger partial charge in [0.15, 0.2) is 0 Å². The fourth-order valence-corrected chi connectivity index (χ4v) is 3.60. The van der Waals surface area contributed by atoms with E-state index < -0.39 is 0 Å². The van der Waals surface area contributed by atoms with Crippen molar-refractivity contribution >= 4 is 17.2 Å². The second-order valence-electron chi connectivity index (χ2n) is 5.73. The Morgan fingerprint density at radius 2 is 2.38 bits per heavy atom. The maximum atomic E-state index is 13.0. The topological polar surface area (TPSA) is 61.0 Å². The molecule has 0 spiro atoms. The highest BCUT2D eigenvalue weighted by molar-refractivity contribution is 7.07. The maximum absolute atomic E-state index is 13.0. The van der Waals surface area contributed by atoms with Crippen molar-refractivity contribution in [3.8, 4) is 0 Å². The van der Waals surface area contributed by atoms with E-state index >= 15 is 0 Å². The number of hydrogen-bond donors (Lipinski definition) is 2. The number of nitrogens with zero attached hydrogens (tertiary/aromatic N) is 2. The monoisotopic (exact) mass is 302 g/mol. The number of carbonyl (C=O) groups is 1. The van der Waals surface area contributed by atoms with E-state index in [1.807, 2.05) is 4.90 Å². The molecule has 1 atom stereocenters. The SMILES string of the molecule is O=C([C@@H]1NCCc2[nH]cnc21)N(Cc1ccsc1)C1CC1. The van der Waals surface area contributed by atoms with Crippen molar-refractivity contribution in [3.05, 3.63) is 40.1 Å². The molecule has 0 bridgehead atoms. The first-order chi connectivity index (χ1) is 10.3. The van der Waals surface area contributed by atoms with E-state index in [0.29, 0.717) is 12.6 Å².